The molecule has 0 aliphatic heterocycles. The summed E-state index contributed by atoms with van der Waals surface area (Å²) < 4.78 is 14.3. The summed E-state index contributed by atoms with van der Waals surface area (Å²) in [5.41, 5.74) is 1.79. The van der Waals surface area contributed by atoms with Crippen LogP contribution in [0.1, 0.15) is 11.1 Å². The molecule has 0 unspecified atom stereocenters. The quantitative estimate of drug-likeness (QED) is 0.864. The lowest BCUT2D eigenvalue weighted by Crippen LogP contribution is -2.12. The summed E-state index contributed by atoms with van der Waals surface area (Å²) in [7, 11) is 1.87. The zero-order chi connectivity index (χ0) is 9.84. The third-order valence-corrected chi connectivity index (χ3v) is 2.96. The summed E-state index contributed by atoms with van der Waals surface area (Å²) in [5, 5.41) is 3.01. The predicted molar refractivity (Wildman–Crippen MR) is 56.5 cm³/mol. The molecule has 0 spiro atoms. The van der Waals surface area contributed by atoms with E-state index in [4.69, 9.17) is 0 Å². The van der Waals surface area contributed by atoms with Crippen LogP contribution in [0.25, 0.3) is 0 Å². The Hall–Kier alpha value is -0.410. The van der Waals surface area contributed by atoms with Gasteiger partial charge in [0, 0.05) is 4.47 Å². The smallest absolute Gasteiger partial charge is 0.126 e. The summed E-state index contributed by atoms with van der Waals surface area (Å²) in [4.78, 5) is 0. The minimum atomic E-state index is -0.115. The lowest BCUT2D eigenvalue weighted by molar-refractivity contribution is 0.602. The number of halogens is 2. The van der Waals surface area contributed by atoms with Crippen molar-refractivity contribution in [1.29, 1.82) is 0 Å². The van der Waals surface area contributed by atoms with Gasteiger partial charge in [-0.1, -0.05) is 15.9 Å². The molecule has 1 rings (SSSR count). The van der Waals surface area contributed by atoms with E-state index in [1.165, 1.54) is 6.07 Å². The fourth-order valence-corrected chi connectivity index (χ4v) is 1.62. The Labute approximate surface area is 86.5 Å². The molecule has 1 nitrogen and oxygen atoms in total. The standard InChI is InChI=1S/C10H13BrFN/c1-7-8(5-6-13-2)10(12)4-3-9(7)11/h3-4,13H,5-6H2,1-2H3. The van der Waals surface area contributed by atoms with Gasteiger partial charge in [-0.2, -0.15) is 0 Å². The van der Waals surface area contributed by atoms with E-state index in [0.717, 1.165) is 28.6 Å². The molecular weight excluding hydrogens is 233 g/mol. The second-order valence-corrected chi connectivity index (χ2v) is 3.84. The lowest BCUT2D eigenvalue weighted by Gasteiger charge is -2.08. The first-order valence-corrected chi connectivity index (χ1v) is 5.04. The Balaban J connectivity index is 2.96. The van der Waals surface area contributed by atoms with Crippen LogP contribution in [0.15, 0.2) is 16.6 Å². The maximum Gasteiger partial charge on any atom is 0.126 e. The number of hydrogen-bond acceptors (Lipinski definition) is 1. The summed E-state index contributed by atoms with van der Waals surface area (Å²) in [6.07, 6.45) is 0.730. The molecule has 72 valence electrons. The first-order chi connectivity index (χ1) is 6.16. The van der Waals surface area contributed by atoms with Crippen LogP contribution in [0.4, 0.5) is 4.39 Å². The van der Waals surface area contributed by atoms with Crippen LogP contribution in [0, 0.1) is 12.7 Å². The molecule has 0 fully saturated rings. The fourth-order valence-electron chi connectivity index (χ4n) is 1.25. The Bertz CT molecular complexity index is 299. The summed E-state index contributed by atoms with van der Waals surface area (Å²) in [5.74, 6) is -0.115. The highest BCUT2D eigenvalue weighted by Crippen LogP contribution is 2.22. The number of hydrogen-bond donors (Lipinski definition) is 1. The summed E-state index contributed by atoms with van der Waals surface area (Å²) in [6.45, 7) is 2.73. The molecule has 0 bridgehead atoms. The number of nitrogens with one attached hydrogen (secondary N) is 1. The van der Waals surface area contributed by atoms with E-state index in [2.05, 4.69) is 21.2 Å². The predicted octanol–water partition coefficient (Wildman–Crippen LogP) is 2.66. The van der Waals surface area contributed by atoms with Crippen molar-refractivity contribution in [2.75, 3.05) is 13.6 Å². The lowest BCUT2D eigenvalue weighted by atomic mass is 10.1. The zero-order valence-electron chi connectivity index (χ0n) is 7.82. The monoisotopic (exact) mass is 245 g/mol. The van der Waals surface area contributed by atoms with E-state index in [0.29, 0.717) is 0 Å². The summed E-state index contributed by atoms with van der Waals surface area (Å²) >= 11 is 3.39. The number of rotatable bonds is 3. The minimum absolute atomic E-state index is 0.115. The topological polar surface area (TPSA) is 12.0 Å². The first kappa shape index (κ1) is 10.7. The van der Waals surface area contributed by atoms with Gasteiger partial charge in [-0.05, 0) is 50.2 Å². The van der Waals surface area contributed by atoms with E-state index in [-0.39, 0.29) is 5.82 Å². The van der Waals surface area contributed by atoms with Crippen LogP contribution in [-0.2, 0) is 6.42 Å². The van der Waals surface area contributed by atoms with Crippen LogP contribution < -0.4 is 5.32 Å². The van der Waals surface area contributed by atoms with Gasteiger partial charge >= 0.3 is 0 Å². The van der Waals surface area contributed by atoms with Crippen molar-refractivity contribution in [3.05, 3.63) is 33.5 Å². The molecule has 0 saturated heterocycles. The Morgan fingerprint density at radius 3 is 2.77 bits per heavy atom. The molecule has 1 N–H and O–H groups in total. The highest BCUT2D eigenvalue weighted by Gasteiger charge is 2.07. The van der Waals surface area contributed by atoms with Gasteiger partial charge in [0.25, 0.3) is 0 Å². The number of benzene rings is 1. The molecule has 3 heteroatoms. The van der Waals surface area contributed by atoms with Gasteiger partial charge in [0.1, 0.15) is 5.82 Å². The van der Waals surface area contributed by atoms with E-state index < -0.39 is 0 Å². The molecule has 0 saturated carbocycles. The van der Waals surface area contributed by atoms with Crippen molar-refractivity contribution in [3.8, 4) is 0 Å². The van der Waals surface area contributed by atoms with Gasteiger partial charge in [0.2, 0.25) is 0 Å². The average Bonchev–Trinajstić information content (AvgIpc) is 2.12. The molecule has 0 atom stereocenters. The van der Waals surface area contributed by atoms with Crippen molar-refractivity contribution in [3.63, 3.8) is 0 Å². The fraction of sp³-hybridized carbons (Fsp3) is 0.400. The van der Waals surface area contributed by atoms with Gasteiger partial charge in [-0.3, -0.25) is 0 Å². The Morgan fingerprint density at radius 1 is 1.46 bits per heavy atom. The average molecular weight is 246 g/mol. The third kappa shape index (κ3) is 2.51. The largest absolute Gasteiger partial charge is 0.319 e. The maximum atomic E-state index is 13.3. The van der Waals surface area contributed by atoms with E-state index >= 15 is 0 Å². The molecule has 0 heterocycles. The molecule has 0 aliphatic rings. The summed E-state index contributed by atoms with van der Waals surface area (Å²) in [6, 6.07) is 3.25. The zero-order valence-corrected chi connectivity index (χ0v) is 9.41. The van der Waals surface area contributed by atoms with Crippen LogP contribution in [-0.4, -0.2) is 13.6 Å². The molecule has 0 aromatic heterocycles. The number of likely N-dealkylation sites (N-methyl/N-ethyl adjacent to an activating group) is 1. The Morgan fingerprint density at radius 2 is 2.15 bits per heavy atom. The second kappa shape index (κ2) is 4.72. The molecule has 0 aliphatic carbocycles. The third-order valence-electron chi connectivity index (χ3n) is 2.10. The van der Waals surface area contributed by atoms with Gasteiger partial charge in [0.15, 0.2) is 0 Å². The van der Waals surface area contributed by atoms with Crippen LogP contribution >= 0.6 is 15.9 Å². The van der Waals surface area contributed by atoms with Crippen LogP contribution in [0.5, 0.6) is 0 Å². The van der Waals surface area contributed by atoms with Crippen molar-refractivity contribution in [2.24, 2.45) is 0 Å². The normalized spacial score (nSPS) is 10.5. The molecule has 13 heavy (non-hydrogen) atoms. The van der Waals surface area contributed by atoms with Crippen molar-refractivity contribution in [2.45, 2.75) is 13.3 Å². The van der Waals surface area contributed by atoms with Crippen molar-refractivity contribution < 1.29 is 4.39 Å². The minimum Gasteiger partial charge on any atom is -0.319 e. The maximum absolute atomic E-state index is 13.3. The molecular formula is C10H13BrFN. The van der Waals surface area contributed by atoms with Crippen molar-refractivity contribution >= 4 is 15.9 Å². The first-order valence-electron chi connectivity index (χ1n) is 4.25. The van der Waals surface area contributed by atoms with Crippen molar-refractivity contribution in [1.82, 2.24) is 5.32 Å². The van der Waals surface area contributed by atoms with Crippen LogP contribution in [0.2, 0.25) is 0 Å². The van der Waals surface area contributed by atoms with Gasteiger partial charge < -0.3 is 5.32 Å². The van der Waals surface area contributed by atoms with Gasteiger partial charge in [-0.25, -0.2) is 4.39 Å². The molecule has 1 aromatic rings. The van der Waals surface area contributed by atoms with E-state index in [9.17, 15) is 4.39 Å². The Kier molecular flexibility index (Phi) is 3.88. The van der Waals surface area contributed by atoms with Crippen LogP contribution in [0.3, 0.4) is 0 Å². The molecule has 0 amide bonds. The second-order valence-electron chi connectivity index (χ2n) is 2.99. The highest BCUT2D eigenvalue weighted by molar-refractivity contribution is 9.10. The van der Waals surface area contributed by atoms with E-state index in [1.807, 2.05) is 14.0 Å². The highest BCUT2D eigenvalue weighted by atomic mass is 79.9. The molecule has 0 radical (unpaired) electrons. The van der Waals surface area contributed by atoms with E-state index in [1.54, 1.807) is 6.07 Å². The molecule has 1 aromatic carbocycles. The SMILES string of the molecule is CNCCc1c(F)ccc(Br)c1C. The van der Waals surface area contributed by atoms with Gasteiger partial charge in [-0.15, -0.1) is 0 Å². The van der Waals surface area contributed by atoms with Gasteiger partial charge in [0.05, 0.1) is 0 Å².